The van der Waals surface area contributed by atoms with Gasteiger partial charge in [-0.1, -0.05) is 18.2 Å². The minimum absolute atomic E-state index is 0.172. The lowest BCUT2D eigenvalue weighted by atomic mass is 9.98. The molecule has 0 aromatic heterocycles. The highest BCUT2D eigenvalue weighted by Crippen LogP contribution is 2.23. The lowest BCUT2D eigenvalue weighted by Crippen LogP contribution is -2.34. The van der Waals surface area contributed by atoms with Gasteiger partial charge in [-0.3, -0.25) is 9.59 Å². The first-order valence-electron chi connectivity index (χ1n) is 6.71. The first kappa shape index (κ1) is 17.0. The van der Waals surface area contributed by atoms with Gasteiger partial charge in [0.15, 0.2) is 5.92 Å². The Morgan fingerprint density at radius 2 is 1.71 bits per heavy atom. The Balaban J connectivity index is 2.99. The first-order valence-corrected chi connectivity index (χ1v) is 6.71. The third kappa shape index (κ3) is 5.10. The predicted molar refractivity (Wildman–Crippen MR) is 78.0 cm³/mol. The molecule has 0 heterocycles. The largest absolute Gasteiger partial charge is 0.496 e. The molecule has 0 spiro atoms. The van der Waals surface area contributed by atoms with Crippen LogP contribution in [-0.4, -0.2) is 31.8 Å². The van der Waals surface area contributed by atoms with Gasteiger partial charge in [-0.25, -0.2) is 0 Å². The molecule has 0 aliphatic rings. The molecule has 0 bridgehead atoms. The van der Waals surface area contributed by atoms with Crippen LogP contribution in [0.1, 0.15) is 26.3 Å². The maximum absolute atomic E-state index is 12.2. The van der Waals surface area contributed by atoms with Crippen LogP contribution in [0.15, 0.2) is 24.3 Å². The highest BCUT2D eigenvalue weighted by atomic mass is 16.6. The number of esters is 2. The Kier molecular flexibility index (Phi) is 5.76. The smallest absolute Gasteiger partial charge is 0.321 e. The second-order valence-corrected chi connectivity index (χ2v) is 5.63. The highest BCUT2D eigenvalue weighted by Gasteiger charge is 2.33. The van der Waals surface area contributed by atoms with Gasteiger partial charge in [0.05, 0.1) is 14.2 Å². The van der Waals surface area contributed by atoms with E-state index in [1.807, 2.05) is 12.1 Å². The average molecular weight is 294 g/mol. The minimum Gasteiger partial charge on any atom is -0.496 e. The lowest BCUT2D eigenvalue weighted by molar-refractivity contribution is -0.168. The van der Waals surface area contributed by atoms with E-state index in [0.29, 0.717) is 5.75 Å². The molecule has 0 amide bonds. The van der Waals surface area contributed by atoms with Crippen molar-refractivity contribution in [3.8, 4) is 5.75 Å². The summed E-state index contributed by atoms with van der Waals surface area (Å²) < 4.78 is 15.2. The maximum Gasteiger partial charge on any atom is 0.321 e. The van der Waals surface area contributed by atoms with Crippen LogP contribution in [0.4, 0.5) is 0 Å². The minimum atomic E-state index is -1.01. The van der Waals surface area contributed by atoms with Gasteiger partial charge in [-0.2, -0.15) is 0 Å². The van der Waals surface area contributed by atoms with E-state index >= 15 is 0 Å². The summed E-state index contributed by atoms with van der Waals surface area (Å²) in [5.41, 5.74) is 0.0886. The van der Waals surface area contributed by atoms with E-state index in [9.17, 15) is 9.59 Å². The van der Waals surface area contributed by atoms with E-state index < -0.39 is 23.5 Å². The van der Waals surface area contributed by atoms with Crippen LogP contribution >= 0.6 is 0 Å². The van der Waals surface area contributed by atoms with Gasteiger partial charge in [-0.05, 0) is 38.8 Å². The van der Waals surface area contributed by atoms with Gasteiger partial charge < -0.3 is 14.2 Å². The van der Waals surface area contributed by atoms with E-state index in [0.717, 1.165) is 5.56 Å². The number of rotatable bonds is 5. The molecule has 0 N–H and O–H groups in total. The van der Waals surface area contributed by atoms with E-state index in [2.05, 4.69) is 0 Å². The van der Waals surface area contributed by atoms with Gasteiger partial charge in [0.1, 0.15) is 11.4 Å². The number of hydrogen-bond donors (Lipinski definition) is 0. The number of hydrogen-bond acceptors (Lipinski definition) is 5. The molecule has 0 radical (unpaired) electrons. The Labute approximate surface area is 125 Å². The van der Waals surface area contributed by atoms with Crippen molar-refractivity contribution in [2.45, 2.75) is 32.8 Å². The van der Waals surface area contributed by atoms with E-state index in [-0.39, 0.29) is 6.42 Å². The summed E-state index contributed by atoms with van der Waals surface area (Å²) in [7, 11) is 2.79. The fraction of sp³-hybridized carbons (Fsp3) is 0.500. The first-order chi connectivity index (χ1) is 9.78. The van der Waals surface area contributed by atoms with Crippen molar-refractivity contribution in [1.29, 1.82) is 0 Å². The Bertz CT molecular complexity index is 502. The summed E-state index contributed by atoms with van der Waals surface area (Å²) >= 11 is 0. The zero-order valence-electron chi connectivity index (χ0n) is 13.1. The molecule has 0 aliphatic heterocycles. The molecule has 1 atom stereocenters. The van der Waals surface area contributed by atoms with Crippen LogP contribution in [-0.2, 0) is 25.5 Å². The molecule has 21 heavy (non-hydrogen) atoms. The van der Waals surface area contributed by atoms with Crippen molar-refractivity contribution in [1.82, 2.24) is 0 Å². The zero-order chi connectivity index (χ0) is 16.0. The molecule has 0 saturated carbocycles. The third-order valence-electron chi connectivity index (χ3n) is 2.79. The van der Waals surface area contributed by atoms with Crippen LogP contribution < -0.4 is 4.74 Å². The maximum atomic E-state index is 12.2. The molecule has 5 nitrogen and oxygen atoms in total. The number of ether oxygens (including phenoxy) is 3. The molecule has 1 unspecified atom stereocenters. The number of methoxy groups -OCH3 is 2. The van der Waals surface area contributed by atoms with E-state index in [4.69, 9.17) is 14.2 Å². The Morgan fingerprint density at radius 1 is 1.10 bits per heavy atom. The third-order valence-corrected chi connectivity index (χ3v) is 2.79. The van der Waals surface area contributed by atoms with Crippen molar-refractivity contribution >= 4 is 11.9 Å². The summed E-state index contributed by atoms with van der Waals surface area (Å²) in [5, 5.41) is 0. The SMILES string of the molecule is COC(=O)C(Cc1ccccc1OC)C(=O)OC(C)(C)C. The molecule has 0 saturated heterocycles. The number of para-hydroxylation sites is 1. The summed E-state index contributed by atoms with van der Waals surface area (Å²) in [6.45, 7) is 5.26. The Hall–Kier alpha value is -2.04. The average Bonchev–Trinajstić information content (AvgIpc) is 2.42. The summed E-state index contributed by atoms with van der Waals surface area (Å²) in [6, 6.07) is 7.22. The highest BCUT2D eigenvalue weighted by molar-refractivity contribution is 5.95. The molecule has 1 aromatic rings. The summed E-state index contributed by atoms with van der Waals surface area (Å²) in [4.78, 5) is 24.1. The molecule has 0 fully saturated rings. The quantitative estimate of drug-likeness (QED) is 0.616. The summed E-state index contributed by atoms with van der Waals surface area (Å²) in [5.74, 6) is -1.60. The van der Waals surface area contributed by atoms with Gasteiger partial charge in [0.2, 0.25) is 0 Å². The lowest BCUT2D eigenvalue weighted by Gasteiger charge is -2.23. The van der Waals surface area contributed by atoms with Gasteiger partial charge in [-0.15, -0.1) is 0 Å². The van der Waals surface area contributed by atoms with E-state index in [1.165, 1.54) is 7.11 Å². The van der Waals surface area contributed by atoms with Gasteiger partial charge in [0.25, 0.3) is 0 Å². The number of benzene rings is 1. The second kappa shape index (κ2) is 7.11. The molecule has 0 aliphatic carbocycles. The fourth-order valence-electron chi connectivity index (χ4n) is 1.87. The van der Waals surface area contributed by atoms with Crippen molar-refractivity contribution < 1.29 is 23.8 Å². The standard InChI is InChI=1S/C16H22O5/c1-16(2,3)21-15(18)12(14(17)20-5)10-11-8-6-7-9-13(11)19-4/h6-9,12H,10H2,1-5H3. The van der Waals surface area contributed by atoms with Crippen LogP contribution in [0.3, 0.4) is 0 Å². The van der Waals surface area contributed by atoms with Crippen LogP contribution in [0, 0.1) is 5.92 Å². The van der Waals surface area contributed by atoms with Crippen LogP contribution in [0.25, 0.3) is 0 Å². The number of carbonyl (C=O) groups is 2. The molecule has 1 rings (SSSR count). The molecule has 116 valence electrons. The van der Waals surface area contributed by atoms with Crippen LogP contribution in [0.5, 0.6) is 5.75 Å². The fourth-order valence-corrected chi connectivity index (χ4v) is 1.87. The Morgan fingerprint density at radius 3 is 2.24 bits per heavy atom. The van der Waals surface area contributed by atoms with Crippen molar-refractivity contribution in [2.75, 3.05) is 14.2 Å². The second-order valence-electron chi connectivity index (χ2n) is 5.63. The van der Waals surface area contributed by atoms with E-state index in [1.54, 1.807) is 40.0 Å². The van der Waals surface area contributed by atoms with Gasteiger partial charge >= 0.3 is 11.9 Å². The zero-order valence-corrected chi connectivity index (χ0v) is 13.1. The van der Waals surface area contributed by atoms with Crippen molar-refractivity contribution in [3.05, 3.63) is 29.8 Å². The topological polar surface area (TPSA) is 61.8 Å². The van der Waals surface area contributed by atoms with Crippen molar-refractivity contribution in [2.24, 2.45) is 5.92 Å². The monoisotopic (exact) mass is 294 g/mol. The molecule has 1 aromatic carbocycles. The van der Waals surface area contributed by atoms with Crippen LogP contribution in [0.2, 0.25) is 0 Å². The van der Waals surface area contributed by atoms with Crippen molar-refractivity contribution in [3.63, 3.8) is 0 Å². The normalized spacial score (nSPS) is 12.4. The molecule has 5 heteroatoms. The molecular weight excluding hydrogens is 272 g/mol. The molecular formula is C16H22O5. The number of carbonyl (C=O) groups excluding carboxylic acids is 2. The van der Waals surface area contributed by atoms with Gasteiger partial charge in [0, 0.05) is 0 Å². The predicted octanol–water partition coefficient (Wildman–Crippen LogP) is 2.37. The summed E-state index contributed by atoms with van der Waals surface area (Å²) in [6.07, 6.45) is 0.172.